The smallest absolute Gasteiger partial charge is 0.0632 e. The zero-order chi connectivity index (χ0) is 13.0. The molecule has 2 unspecified atom stereocenters. The number of hydrogen-bond acceptors (Lipinski definition) is 3. The molecule has 2 rings (SSSR count). The van der Waals surface area contributed by atoms with Crippen LogP contribution in [0.1, 0.15) is 37.8 Å². The van der Waals surface area contributed by atoms with E-state index in [0.717, 1.165) is 32.4 Å². The molecule has 100 valence electrons. The van der Waals surface area contributed by atoms with Crippen LogP contribution in [-0.4, -0.2) is 35.2 Å². The van der Waals surface area contributed by atoms with E-state index in [1.54, 1.807) is 0 Å². The highest BCUT2D eigenvalue weighted by Crippen LogP contribution is 2.27. The minimum atomic E-state index is -0.509. The predicted molar refractivity (Wildman–Crippen MR) is 74.3 cm³/mol. The molecule has 1 aliphatic rings. The van der Waals surface area contributed by atoms with Gasteiger partial charge in [0, 0.05) is 19.1 Å². The van der Waals surface area contributed by atoms with Crippen LogP contribution in [0.2, 0.25) is 0 Å². The average molecular weight is 248 g/mol. The maximum atomic E-state index is 10.1. The van der Waals surface area contributed by atoms with E-state index in [-0.39, 0.29) is 6.04 Å². The molecule has 0 aromatic heterocycles. The molecular formula is C15H24N2O. The summed E-state index contributed by atoms with van der Waals surface area (Å²) in [7, 11) is 0. The molecule has 3 nitrogen and oxygen atoms in total. The fraction of sp³-hybridized carbons (Fsp3) is 0.600. The Bertz CT molecular complexity index is 364. The van der Waals surface area contributed by atoms with E-state index in [2.05, 4.69) is 29.2 Å². The molecule has 1 aromatic rings. The molecule has 1 aromatic carbocycles. The minimum Gasteiger partial charge on any atom is -0.390 e. The Morgan fingerprint density at radius 1 is 1.28 bits per heavy atom. The van der Waals surface area contributed by atoms with E-state index in [9.17, 15) is 5.11 Å². The Hall–Kier alpha value is -0.900. The number of benzene rings is 1. The van der Waals surface area contributed by atoms with Crippen LogP contribution in [0.5, 0.6) is 0 Å². The highest BCUT2D eigenvalue weighted by Gasteiger charge is 2.28. The normalized spacial score (nSPS) is 27.7. The molecule has 3 heteroatoms. The van der Waals surface area contributed by atoms with Gasteiger partial charge < -0.3 is 10.8 Å². The van der Waals surface area contributed by atoms with Crippen LogP contribution in [-0.2, 0) is 0 Å². The van der Waals surface area contributed by atoms with Gasteiger partial charge in [0.25, 0.3) is 0 Å². The lowest BCUT2D eigenvalue weighted by Crippen LogP contribution is -2.35. The summed E-state index contributed by atoms with van der Waals surface area (Å²) < 4.78 is 0. The topological polar surface area (TPSA) is 49.5 Å². The molecule has 0 spiro atoms. The fourth-order valence-electron chi connectivity index (χ4n) is 2.77. The molecule has 1 fully saturated rings. The van der Waals surface area contributed by atoms with Crippen LogP contribution in [0, 0.1) is 0 Å². The Labute approximate surface area is 110 Å². The number of nitrogens with zero attached hydrogens (tertiary/aromatic N) is 1. The zero-order valence-corrected chi connectivity index (χ0v) is 11.2. The van der Waals surface area contributed by atoms with Crippen LogP contribution in [0.15, 0.2) is 30.3 Å². The van der Waals surface area contributed by atoms with E-state index in [1.807, 2.05) is 13.0 Å². The maximum absolute atomic E-state index is 10.1. The van der Waals surface area contributed by atoms with Crippen LogP contribution < -0.4 is 5.73 Å². The fourth-order valence-corrected chi connectivity index (χ4v) is 2.77. The van der Waals surface area contributed by atoms with Crippen molar-refractivity contribution in [3.05, 3.63) is 35.9 Å². The SMILES string of the molecule is CC1(O)CCCN(C(CN)c2ccccc2)CC1. The summed E-state index contributed by atoms with van der Waals surface area (Å²) in [5, 5.41) is 10.1. The second kappa shape index (κ2) is 5.83. The summed E-state index contributed by atoms with van der Waals surface area (Å²) in [5.41, 5.74) is 6.72. The summed E-state index contributed by atoms with van der Waals surface area (Å²) in [4.78, 5) is 2.41. The van der Waals surface area contributed by atoms with Gasteiger partial charge in [-0.15, -0.1) is 0 Å². The van der Waals surface area contributed by atoms with Gasteiger partial charge in [-0.2, -0.15) is 0 Å². The molecule has 2 atom stereocenters. The molecule has 3 N–H and O–H groups in total. The van der Waals surface area contributed by atoms with E-state index in [1.165, 1.54) is 5.56 Å². The van der Waals surface area contributed by atoms with Crippen LogP contribution in [0.3, 0.4) is 0 Å². The first-order valence-corrected chi connectivity index (χ1v) is 6.84. The third-order valence-corrected chi connectivity index (χ3v) is 3.95. The molecule has 0 aliphatic carbocycles. The van der Waals surface area contributed by atoms with Crippen molar-refractivity contribution >= 4 is 0 Å². The largest absolute Gasteiger partial charge is 0.390 e. The number of nitrogens with two attached hydrogens (primary N) is 1. The van der Waals surface area contributed by atoms with Crippen molar-refractivity contribution in [1.82, 2.24) is 4.90 Å². The van der Waals surface area contributed by atoms with Gasteiger partial charge in [0.1, 0.15) is 0 Å². The Kier molecular flexibility index (Phi) is 4.38. The summed E-state index contributed by atoms with van der Waals surface area (Å²) in [6.45, 7) is 4.51. The molecule has 0 radical (unpaired) electrons. The van der Waals surface area contributed by atoms with Crippen molar-refractivity contribution in [3.63, 3.8) is 0 Å². The summed E-state index contributed by atoms with van der Waals surface area (Å²) in [6, 6.07) is 10.7. The van der Waals surface area contributed by atoms with E-state index in [0.29, 0.717) is 6.54 Å². The second-order valence-electron chi connectivity index (χ2n) is 5.55. The van der Waals surface area contributed by atoms with Gasteiger partial charge in [-0.25, -0.2) is 0 Å². The van der Waals surface area contributed by atoms with E-state index < -0.39 is 5.60 Å². The van der Waals surface area contributed by atoms with Gasteiger partial charge in [-0.05, 0) is 38.3 Å². The number of hydrogen-bond donors (Lipinski definition) is 2. The van der Waals surface area contributed by atoms with E-state index in [4.69, 9.17) is 5.73 Å². The molecule has 0 bridgehead atoms. The predicted octanol–water partition coefficient (Wildman–Crippen LogP) is 1.92. The molecule has 0 saturated carbocycles. The Morgan fingerprint density at radius 2 is 2.00 bits per heavy atom. The van der Waals surface area contributed by atoms with Gasteiger partial charge in [-0.3, -0.25) is 4.90 Å². The second-order valence-corrected chi connectivity index (χ2v) is 5.55. The molecule has 1 heterocycles. The van der Waals surface area contributed by atoms with Gasteiger partial charge in [0.05, 0.1) is 5.60 Å². The van der Waals surface area contributed by atoms with Crippen LogP contribution in [0.4, 0.5) is 0 Å². The average Bonchev–Trinajstić information content (AvgIpc) is 2.54. The Balaban J connectivity index is 2.09. The van der Waals surface area contributed by atoms with Gasteiger partial charge in [0.2, 0.25) is 0 Å². The van der Waals surface area contributed by atoms with Crippen molar-refractivity contribution in [1.29, 1.82) is 0 Å². The minimum absolute atomic E-state index is 0.278. The molecule has 0 amide bonds. The lowest BCUT2D eigenvalue weighted by Gasteiger charge is -2.30. The molecular weight excluding hydrogens is 224 g/mol. The van der Waals surface area contributed by atoms with Gasteiger partial charge in [0.15, 0.2) is 0 Å². The van der Waals surface area contributed by atoms with Crippen LogP contribution in [0.25, 0.3) is 0 Å². The Morgan fingerprint density at radius 3 is 2.67 bits per heavy atom. The van der Waals surface area contributed by atoms with Gasteiger partial charge in [-0.1, -0.05) is 30.3 Å². The van der Waals surface area contributed by atoms with Crippen molar-refractivity contribution in [2.45, 2.75) is 37.8 Å². The van der Waals surface area contributed by atoms with Crippen LogP contribution >= 0.6 is 0 Å². The van der Waals surface area contributed by atoms with Crippen molar-refractivity contribution in [2.24, 2.45) is 5.73 Å². The molecule has 1 aliphatic heterocycles. The first kappa shape index (κ1) is 13.5. The standard InChI is InChI=1S/C15H24N2O/c1-15(18)8-5-10-17(11-9-15)14(12-16)13-6-3-2-4-7-13/h2-4,6-7,14,18H,5,8-12,16H2,1H3. The lowest BCUT2D eigenvalue weighted by atomic mass is 9.98. The number of aliphatic hydroxyl groups is 1. The highest BCUT2D eigenvalue weighted by molar-refractivity contribution is 5.19. The van der Waals surface area contributed by atoms with Crippen molar-refractivity contribution < 1.29 is 5.11 Å². The monoisotopic (exact) mass is 248 g/mol. The maximum Gasteiger partial charge on any atom is 0.0632 e. The summed E-state index contributed by atoms with van der Waals surface area (Å²) in [5.74, 6) is 0. The highest BCUT2D eigenvalue weighted by atomic mass is 16.3. The summed E-state index contributed by atoms with van der Waals surface area (Å²) in [6.07, 6.45) is 2.75. The number of likely N-dealkylation sites (tertiary alicyclic amines) is 1. The number of rotatable bonds is 3. The zero-order valence-electron chi connectivity index (χ0n) is 11.2. The first-order valence-electron chi connectivity index (χ1n) is 6.84. The third kappa shape index (κ3) is 3.31. The lowest BCUT2D eigenvalue weighted by molar-refractivity contribution is 0.0431. The van der Waals surface area contributed by atoms with Gasteiger partial charge >= 0.3 is 0 Å². The quantitative estimate of drug-likeness (QED) is 0.859. The molecule has 1 saturated heterocycles. The summed E-state index contributed by atoms with van der Waals surface area (Å²) >= 11 is 0. The molecule has 18 heavy (non-hydrogen) atoms. The van der Waals surface area contributed by atoms with E-state index >= 15 is 0 Å². The first-order chi connectivity index (χ1) is 8.62. The third-order valence-electron chi connectivity index (χ3n) is 3.95. The van der Waals surface area contributed by atoms with Crippen molar-refractivity contribution in [3.8, 4) is 0 Å². The van der Waals surface area contributed by atoms with Crippen molar-refractivity contribution in [2.75, 3.05) is 19.6 Å².